The monoisotopic (exact) mass is 603 g/mol. The third kappa shape index (κ3) is 7.00. The number of hydrogen-bond donors (Lipinski definition) is 5. The number of aromatic nitrogens is 3. The molecule has 3 aliphatic rings. The number of carboxylic acid groups (broad SMARTS) is 1. The van der Waals surface area contributed by atoms with Gasteiger partial charge in [0.05, 0.1) is 17.9 Å². The van der Waals surface area contributed by atoms with Gasteiger partial charge in [0.15, 0.2) is 0 Å². The molecule has 6 N–H and O–H groups in total. The number of amides is 4. The van der Waals surface area contributed by atoms with Gasteiger partial charge in [0.1, 0.15) is 22.7 Å². The Balaban J connectivity index is 1.70. The summed E-state index contributed by atoms with van der Waals surface area (Å²) in [5.74, 6) is -3.07. The highest BCUT2D eigenvalue weighted by molar-refractivity contribution is 6.39. The van der Waals surface area contributed by atoms with Crippen LogP contribution in [-0.4, -0.2) is 83.4 Å². The molecular weight excluding hydrogens is 558 g/mol. The molecule has 0 radical (unpaired) electrons. The van der Waals surface area contributed by atoms with E-state index in [-0.39, 0.29) is 38.1 Å². The van der Waals surface area contributed by atoms with Crippen molar-refractivity contribution in [3.05, 3.63) is 11.9 Å². The molecule has 1 aromatic heterocycles. The Labute approximate surface area is 251 Å². The van der Waals surface area contributed by atoms with Crippen molar-refractivity contribution in [3.8, 4) is 0 Å². The second-order valence-corrected chi connectivity index (χ2v) is 13.3. The van der Waals surface area contributed by atoms with Gasteiger partial charge in [-0.25, -0.2) is 9.48 Å². The van der Waals surface area contributed by atoms with E-state index in [0.717, 1.165) is 38.5 Å². The zero-order valence-electron chi connectivity index (χ0n) is 25.3. The van der Waals surface area contributed by atoms with Crippen molar-refractivity contribution in [2.75, 3.05) is 6.54 Å². The number of primary amides is 1. The van der Waals surface area contributed by atoms with Crippen LogP contribution in [0.15, 0.2) is 6.20 Å². The van der Waals surface area contributed by atoms with Gasteiger partial charge in [-0.05, 0) is 46.0 Å². The quantitative estimate of drug-likeness (QED) is 0.245. The molecule has 0 spiro atoms. The van der Waals surface area contributed by atoms with E-state index in [9.17, 15) is 34.2 Å². The molecule has 2 saturated carbocycles. The first-order valence-electron chi connectivity index (χ1n) is 15.3. The number of rotatable bonds is 10. The van der Waals surface area contributed by atoms with Crippen molar-refractivity contribution < 1.29 is 34.2 Å². The predicted molar refractivity (Wildman–Crippen MR) is 153 cm³/mol. The van der Waals surface area contributed by atoms with Gasteiger partial charge in [0.25, 0.3) is 5.91 Å². The van der Waals surface area contributed by atoms with Crippen LogP contribution in [-0.2, 0) is 24.8 Å². The van der Waals surface area contributed by atoms with Crippen LogP contribution in [0.25, 0.3) is 0 Å². The minimum absolute atomic E-state index is 0.0122. The summed E-state index contributed by atoms with van der Waals surface area (Å²) in [6, 6.07) is -1.70. The van der Waals surface area contributed by atoms with E-state index in [2.05, 4.69) is 20.9 Å². The first-order chi connectivity index (χ1) is 20.2. The topological polar surface area (TPSA) is 210 Å². The molecule has 238 valence electrons. The van der Waals surface area contributed by atoms with E-state index >= 15 is 0 Å². The van der Waals surface area contributed by atoms with Gasteiger partial charge in [0.2, 0.25) is 17.6 Å². The number of aliphatic hydroxyl groups is 1. The van der Waals surface area contributed by atoms with E-state index in [1.54, 1.807) is 20.8 Å². The van der Waals surface area contributed by atoms with Crippen LogP contribution in [0, 0.1) is 5.92 Å². The molecule has 3 fully saturated rings. The summed E-state index contributed by atoms with van der Waals surface area (Å²) in [5.41, 5.74) is 1.46. The van der Waals surface area contributed by atoms with Crippen molar-refractivity contribution in [3.63, 3.8) is 0 Å². The maximum absolute atomic E-state index is 14.4. The molecule has 1 aromatic rings. The number of likely N-dealkylation sites (tertiary alicyclic amines) is 1. The van der Waals surface area contributed by atoms with Crippen LogP contribution in [0.2, 0.25) is 0 Å². The first kappa shape index (κ1) is 32.4. The fourth-order valence-electron chi connectivity index (χ4n) is 7.25. The molecule has 4 rings (SSSR count). The zero-order valence-corrected chi connectivity index (χ0v) is 25.3. The number of hydrogen-bond acceptors (Lipinski definition) is 8. The number of Topliss-reactive ketones (excluding diaryl/α,β-unsaturated/α-hetero) is 1. The molecule has 1 unspecified atom stereocenters. The van der Waals surface area contributed by atoms with E-state index in [0.29, 0.717) is 18.5 Å². The number of nitrogens with zero attached hydrogens (tertiary/aromatic N) is 4. The van der Waals surface area contributed by atoms with E-state index in [1.807, 2.05) is 0 Å². The summed E-state index contributed by atoms with van der Waals surface area (Å²) >= 11 is 0. The van der Waals surface area contributed by atoms with Crippen LogP contribution in [0.4, 0.5) is 4.79 Å². The highest BCUT2D eigenvalue weighted by Gasteiger charge is 2.51. The fourth-order valence-corrected chi connectivity index (χ4v) is 7.25. The Morgan fingerprint density at radius 2 is 1.67 bits per heavy atom. The largest absolute Gasteiger partial charge is 0.465 e. The average Bonchev–Trinajstić information content (AvgIpc) is 3.61. The normalized spacial score (nSPS) is 24.1. The van der Waals surface area contributed by atoms with Crippen LogP contribution in [0.3, 0.4) is 0 Å². The zero-order chi connectivity index (χ0) is 31.6. The Kier molecular flexibility index (Phi) is 9.48. The molecule has 1 saturated heterocycles. The van der Waals surface area contributed by atoms with E-state index in [4.69, 9.17) is 5.73 Å². The van der Waals surface area contributed by atoms with E-state index < -0.39 is 58.4 Å². The molecule has 2 heterocycles. The summed E-state index contributed by atoms with van der Waals surface area (Å²) in [7, 11) is 0. The average molecular weight is 604 g/mol. The number of nitrogens with two attached hydrogens (primary N) is 1. The minimum Gasteiger partial charge on any atom is -0.465 e. The maximum atomic E-state index is 14.4. The van der Waals surface area contributed by atoms with Crippen molar-refractivity contribution in [1.29, 1.82) is 0 Å². The molecular formula is C29H45N7O7. The molecule has 0 aromatic carbocycles. The second-order valence-electron chi connectivity index (χ2n) is 13.3. The van der Waals surface area contributed by atoms with Crippen molar-refractivity contribution >= 4 is 29.6 Å². The fraction of sp³-hybridized carbons (Fsp3) is 0.759. The minimum atomic E-state index is -1.52. The third-order valence-corrected chi connectivity index (χ3v) is 9.39. The van der Waals surface area contributed by atoms with Gasteiger partial charge < -0.3 is 31.5 Å². The van der Waals surface area contributed by atoms with Crippen molar-refractivity contribution in [2.24, 2.45) is 11.7 Å². The first-order valence-corrected chi connectivity index (χ1v) is 15.3. The standard InChI is InChI=1S/C29H45N7O7/c1-27(2,43)21-16-31-34-36(21)19-14-20(24(39)32-29(22(37)23(30)38)12-8-5-9-13-29)35(17-19)25(40)28(3,33-26(41)42)15-18-10-6-4-7-11-18/h16,18-20,33,43H,4-15,17H2,1-3H3,(H2,30,38)(H,32,39)(H,41,42)/t19-,20-,28?/m0/s1. The lowest BCUT2D eigenvalue weighted by atomic mass is 9.78. The van der Waals surface area contributed by atoms with Gasteiger partial charge in [-0.15, -0.1) is 5.10 Å². The van der Waals surface area contributed by atoms with Crippen molar-refractivity contribution in [1.82, 2.24) is 30.5 Å². The Morgan fingerprint density at radius 3 is 2.26 bits per heavy atom. The van der Waals surface area contributed by atoms with E-state index in [1.165, 1.54) is 15.8 Å². The summed E-state index contributed by atoms with van der Waals surface area (Å²) in [5, 5.41) is 33.8. The molecule has 0 bridgehead atoms. The number of ketones is 1. The Morgan fingerprint density at radius 1 is 1.05 bits per heavy atom. The Bertz CT molecular complexity index is 1230. The summed E-state index contributed by atoms with van der Waals surface area (Å²) in [6.07, 6.45) is 7.82. The van der Waals surface area contributed by atoms with Crippen LogP contribution < -0.4 is 16.4 Å². The smallest absolute Gasteiger partial charge is 0.405 e. The molecule has 43 heavy (non-hydrogen) atoms. The lowest BCUT2D eigenvalue weighted by Crippen LogP contribution is -2.64. The van der Waals surface area contributed by atoms with Gasteiger partial charge in [0, 0.05) is 13.0 Å². The highest BCUT2D eigenvalue weighted by atomic mass is 16.4. The molecule has 1 aliphatic heterocycles. The lowest BCUT2D eigenvalue weighted by Gasteiger charge is -2.40. The SMILES string of the molecule is CC(CC1CCCCC1)(NC(=O)O)C(=O)N1C[C@@H](n2nncc2C(C)(C)O)C[C@H]1C(=O)NC1(C(=O)C(N)=O)CCCCC1. The predicted octanol–water partition coefficient (Wildman–Crippen LogP) is 1.52. The second kappa shape index (κ2) is 12.6. The van der Waals surface area contributed by atoms with Gasteiger partial charge in [-0.3, -0.25) is 19.2 Å². The Hall–Kier alpha value is -3.55. The number of carbonyl (C=O) groups excluding carboxylic acids is 4. The van der Waals surface area contributed by atoms with Crippen LogP contribution in [0.5, 0.6) is 0 Å². The van der Waals surface area contributed by atoms with Gasteiger partial charge in [-0.2, -0.15) is 0 Å². The number of carbonyl (C=O) groups is 5. The van der Waals surface area contributed by atoms with Crippen molar-refractivity contribution in [2.45, 2.75) is 127 Å². The molecule has 14 heteroatoms. The summed E-state index contributed by atoms with van der Waals surface area (Å²) < 4.78 is 1.49. The molecule has 14 nitrogen and oxygen atoms in total. The molecule has 4 amide bonds. The maximum Gasteiger partial charge on any atom is 0.405 e. The highest BCUT2D eigenvalue weighted by Crippen LogP contribution is 2.37. The number of nitrogens with one attached hydrogen (secondary N) is 2. The van der Waals surface area contributed by atoms with Crippen LogP contribution in [0.1, 0.15) is 110 Å². The van der Waals surface area contributed by atoms with Crippen LogP contribution >= 0.6 is 0 Å². The third-order valence-electron chi connectivity index (χ3n) is 9.39. The molecule has 3 atom stereocenters. The van der Waals surface area contributed by atoms with Gasteiger partial charge in [-0.1, -0.05) is 56.6 Å². The molecule has 2 aliphatic carbocycles. The summed E-state index contributed by atoms with van der Waals surface area (Å²) in [6.45, 7) is 4.69. The lowest BCUT2D eigenvalue weighted by molar-refractivity contribution is -0.147. The summed E-state index contributed by atoms with van der Waals surface area (Å²) in [4.78, 5) is 66.7. The van der Waals surface area contributed by atoms with Gasteiger partial charge >= 0.3 is 6.09 Å².